The van der Waals surface area contributed by atoms with E-state index in [-0.39, 0.29) is 4.87 Å². The van der Waals surface area contributed by atoms with Crippen LogP contribution in [0.2, 0.25) is 0 Å². The Hall–Kier alpha value is -3.16. The Bertz CT molecular complexity index is 1400. The average Bonchev–Trinajstić information content (AvgIpc) is 3.34. The van der Waals surface area contributed by atoms with Gasteiger partial charge in [0.15, 0.2) is 11.0 Å². The van der Waals surface area contributed by atoms with Crippen molar-refractivity contribution in [3.05, 3.63) is 105 Å². The predicted octanol–water partition coefficient (Wildman–Crippen LogP) is 5.29. The number of hydrogen-bond acceptors (Lipinski definition) is 5. The number of aryl methyl sites for hydroxylation is 1. The number of fused-ring (bicyclic) bond motifs is 1. The van der Waals surface area contributed by atoms with Gasteiger partial charge in [-0.05, 0) is 36.8 Å². The van der Waals surface area contributed by atoms with Crippen LogP contribution in [0.3, 0.4) is 0 Å². The maximum absolute atomic E-state index is 12.7. The zero-order valence-corrected chi connectivity index (χ0v) is 18.6. The molecule has 0 saturated carbocycles. The van der Waals surface area contributed by atoms with Gasteiger partial charge >= 0.3 is 4.87 Å². The van der Waals surface area contributed by atoms with Crippen molar-refractivity contribution in [2.75, 3.05) is 0 Å². The van der Waals surface area contributed by atoms with E-state index in [0.717, 1.165) is 32.6 Å². The van der Waals surface area contributed by atoms with Crippen molar-refractivity contribution in [1.29, 1.82) is 0 Å². The third kappa shape index (κ3) is 4.06. The summed E-state index contributed by atoms with van der Waals surface area (Å²) in [5, 5.41) is 9.78. The van der Waals surface area contributed by atoms with E-state index in [4.69, 9.17) is 0 Å². The van der Waals surface area contributed by atoms with Crippen LogP contribution in [0.4, 0.5) is 0 Å². The first-order chi connectivity index (χ1) is 15.2. The average molecular weight is 445 g/mol. The lowest BCUT2D eigenvalue weighted by molar-refractivity contribution is 0.726. The topological polar surface area (TPSA) is 52.7 Å². The Morgan fingerprint density at radius 1 is 0.935 bits per heavy atom. The molecule has 0 unspecified atom stereocenters. The molecule has 0 aliphatic heterocycles. The first-order valence-corrected chi connectivity index (χ1v) is 11.8. The zero-order chi connectivity index (χ0) is 21.2. The summed E-state index contributed by atoms with van der Waals surface area (Å²) in [7, 11) is 0. The van der Waals surface area contributed by atoms with Crippen LogP contribution in [-0.2, 0) is 12.3 Å². The second kappa shape index (κ2) is 8.53. The Morgan fingerprint density at radius 2 is 1.74 bits per heavy atom. The van der Waals surface area contributed by atoms with Crippen molar-refractivity contribution in [1.82, 2.24) is 19.3 Å². The van der Waals surface area contributed by atoms with Gasteiger partial charge in [-0.2, -0.15) is 0 Å². The minimum absolute atomic E-state index is 0.0118. The van der Waals surface area contributed by atoms with Crippen molar-refractivity contribution in [3.63, 3.8) is 0 Å². The van der Waals surface area contributed by atoms with Gasteiger partial charge < -0.3 is 0 Å². The molecule has 5 aromatic rings. The largest absolute Gasteiger partial charge is 0.308 e. The van der Waals surface area contributed by atoms with Crippen LogP contribution >= 0.6 is 23.1 Å². The van der Waals surface area contributed by atoms with Gasteiger partial charge in [0.2, 0.25) is 0 Å². The Balaban J connectivity index is 1.53. The van der Waals surface area contributed by atoms with Crippen molar-refractivity contribution in [2.45, 2.75) is 24.4 Å². The summed E-state index contributed by atoms with van der Waals surface area (Å²) in [5.74, 6) is 1.54. The van der Waals surface area contributed by atoms with Crippen LogP contribution in [0.5, 0.6) is 0 Å². The van der Waals surface area contributed by atoms with Crippen molar-refractivity contribution in [3.8, 4) is 5.69 Å². The lowest BCUT2D eigenvalue weighted by atomic mass is 10.2. The molecule has 5 nitrogen and oxygen atoms in total. The standard InChI is InChI=1S/C24H20N4OS2/c1-17-8-7-9-18(14-17)16-30-23-26-25-22(28(23)19-10-3-2-4-11-19)15-27-20-12-5-6-13-21(20)31-24(27)29/h2-14H,15-16H2,1H3. The normalized spacial score (nSPS) is 11.3. The summed E-state index contributed by atoms with van der Waals surface area (Å²) >= 11 is 2.91. The highest BCUT2D eigenvalue weighted by molar-refractivity contribution is 7.98. The molecule has 0 N–H and O–H groups in total. The van der Waals surface area contributed by atoms with E-state index in [0.29, 0.717) is 6.54 Å². The molecular weight excluding hydrogens is 424 g/mol. The lowest BCUT2D eigenvalue weighted by Crippen LogP contribution is -2.16. The third-order valence-corrected chi connectivity index (χ3v) is 7.00. The summed E-state index contributed by atoms with van der Waals surface area (Å²) in [4.78, 5) is 12.7. The van der Waals surface area contributed by atoms with Gasteiger partial charge in [0.25, 0.3) is 0 Å². The zero-order valence-electron chi connectivity index (χ0n) is 16.9. The third-order valence-electron chi connectivity index (χ3n) is 5.04. The number of hydrogen-bond donors (Lipinski definition) is 0. The predicted molar refractivity (Wildman–Crippen MR) is 127 cm³/mol. The number of benzene rings is 3. The first kappa shape index (κ1) is 19.8. The van der Waals surface area contributed by atoms with Gasteiger partial charge in [0.1, 0.15) is 0 Å². The fourth-order valence-electron chi connectivity index (χ4n) is 3.59. The summed E-state index contributed by atoms with van der Waals surface area (Å²) in [5.41, 5.74) is 4.40. The van der Waals surface area contributed by atoms with E-state index in [1.54, 1.807) is 16.3 Å². The smallest absolute Gasteiger partial charge is 0.291 e. The summed E-state index contributed by atoms with van der Waals surface area (Å²) in [6.45, 7) is 2.47. The van der Waals surface area contributed by atoms with Crippen LogP contribution in [0, 0.1) is 6.92 Å². The number of rotatable bonds is 6. The lowest BCUT2D eigenvalue weighted by Gasteiger charge is -2.11. The highest BCUT2D eigenvalue weighted by Gasteiger charge is 2.17. The van der Waals surface area contributed by atoms with Gasteiger partial charge in [-0.15, -0.1) is 10.2 Å². The van der Waals surface area contributed by atoms with Crippen molar-refractivity contribution < 1.29 is 0 Å². The van der Waals surface area contributed by atoms with Gasteiger partial charge in [-0.25, -0.2) is 0 Å². The molecule has 0 fully saturated rings. The maximum Gasteiger partial charge on any atom is 0.308 e. The molecule has 2 heterocycles. The summed E-state index contributed by atoms with van der Waals surface area (Å²) in [6, 6.07) is 26.4. The monoisotopic (exact) mass is 444 g/mol. The molecule has 0 aliphatic carbocycles. The Labute approximate surface area is 188 Å². The van der Waals surface area contributed by atoms with Crippen LogP contribution < -0.4 is 4.87 Å². The fraction of sp³-hybridized carbons (Fsp3) is 0.125. The SMILES string of the molecule is Cc1cccc(CSc2nnc(Cn3c(=O)sc4ccccc43)n2-c2ccccc2)c1. The molecule has 2 aromatic heterocycles. The minimum atomic E-state index is 0.0118. The van der Waals surface area contributed by atoms with E-state index in [9.17, 15) is 4.79 Å². The van der Waals surface area contributed by atoms with E-state index in [1.165, 1.54) is 22.5 Å². The van der Waals surface area contributed by atoms with E-state index >= 15 is 0 Å². The van der Waals surface area contributed by atoms with Crippen LogP contribution in [-0.4, -0.2) is 19.3 Å². The Morgan fingerprint density at radius 3 is 2.58 bits per heavy atom. The van der Waals surface area contributed by atoms with Gasteiger partial charge in [0.05, 0.1) is 16.8 Å². The van der Waals surface area contributed by atoms with Crippen molar-refractivity contribution >= 4 is 33.3 Å². The molecule has 0 spiro atoms. The van der Waals surface area contributed by atoms with E-state index < -0.39 is 0 Å². The van der Waals surface area contributed by atoms with Crippen molar-refractivity contribution in [2.24, 2.45) is 0 Å². The van der Waals surface area contributed by atoms with E-state index in [1.807, 2.05) is 54.6 Å². The Kier molecular flexibility index (Phi) is 5.44. The molecule has 5 rings (SSSR count). The van der Waals surface area contributed by atoms with E-state index in [2.05, 4.69) is 46.0 Å². The highest BCUT2D eigenvalue weighted by atomic mass is 32.2. The van der Waals surface area contributed by atoms with Crippen LogP contribution in [0.25, 0.3) is 15.9 Å². The molecule has 0 aliphatic rings. The molecule has 0 atom stereocenters. The number of aromatic nitrogens is 4. The first-order valence-electron chi connectivity index (χ1n) is 9.95. The molecule has 0 bridgehead atoms. The fourth-order valence-corrected chi connectivity index (χ4v) is 5.39. The quantitative estimate of drug-likeness (QED) is 0.334. The number of nitrogens with zero attached hydrogens (tertiary/aromatic N) is 4. The maximum atomic E-state index is 12.7. The molecule has 154 valence electrons. The molecule has 7 heteroatoms. The molecule has 0 saturated heterocycles. The summed E-state index contributed by atoms with van der Waals surface area (Å²) < 4.78 is 4.81. The molecule has 0 amide bonds. The molecular formula is C24H20N4OS2. The van der Waals surface area contributed by atoms with Crippen LogP contribution in [0.15, 0.2) is 88.8 Å². The van der Waals surface area contributed by atoms with Crippen LogP contribution in [0.1, 0.15) is 17.0 Å². The molecule has 0 radical (unpaired) electrons. The highest BCUT2D eigenvalue weighted by Crippen LogP contribution is 2.26. The molecule has 3 aromatic carbocycles. The van der Waals surface area contributed by atoms with Gasteiger partial charge in [-0.3, -0.25) is 13.9 Å². The number of para-hydroxylation sites is 2. The number of thioether (sulfide) groups is 1. The summed E-state index contributed by atoms with van der Waals surface area (Å²) in [6.07, 6.45) is 0. The second-order valence-corrected chi connectivity index (χ2v) is 9.21. The van der Waals surface area contributed by atoms with Gasteiger partial charge in [-0.1, -0.05) is 83.3 Å². The van der Waals surface area contributed by atoms with Gasteiger partial charge in [0, 0.05) is 11.4 Å². The molecule has 31 heavy (non-hydrogen) atoms. The second-order valence-electron chi connectivity index (χ2n) is 7.27. The minimum Gasteiger partial charge on any atom is -0.291 e. The number of thiazole rings is 1.